The highest BCUT2D eigenvalue weighted by Gasteiger charge is 1.84. The summed E-state index contributed by atoms with van der Waals surface area (Å²) < 4.78 is 0. The van der Waals surface area contributed by atoms with E-state index in [1.165, 1.54) is 25.7 Å². The van der Waals surface area contributed by atoms with E-state index in [1.807, 2.05) is 31.2 Å². The van der Waals surface area contributed by atoms with Gasteiger partial charge in [0.15, 0.2) is 0 Å². The second-order valence-electron chi connectivity index (χ2n) is 3.71. The number of anilines is 1. The standard InChI is InChI=1S/C7H9N.C6H15N/c1-6-4-2-3-5-7(6)8;1-2-3-4-5-6-7/h2-5H,8H2,1H3;2-7H2,1H3. The van der Waals surface area contributed by atoms with Gasteiger partial charge in [-0.05, 0) is 31.5 Å². The zero-order valence-corrected chi connectivity index (χ0v) is 10.00. The van der Waals surface area contributed by atoms with Gasteiger partial charge in [0.1, 0.15) is 0 Å². The van der Waals surface area contributed by atoms with Crippen molar-refractivity contribution in [1.29, 1.82) is 0 Å². The Kier molecular flexibility index (Phi) is 8.88. The van der Waals surface area contributed by atoms with Crippen LogP contribution in [0.15, 0.2) is 24.3 Å². The molecule has 0 saturated carbocycles. The minimum Gasteiger partial charge on any atom is -0.399 e. The van der Waals surface area contributed by atoms with Crippen molar-refractivity contribution in [3.8, 4) is 0 Å². The number of hydrogen-bond acceptors (Lipinski definition) is 2. The van der Waals surface area contributed by atoms with Crippen molar-refractivity contribution in [3.63, 3.8) is 0 Å². The lowest BCUT2D eigenvalue weighted by molar-refractivity contribution is 0.674. The summed E-state index contributed by atoms with van der Waals surface area (Å²) in [6.07, 6.45) is 5.16. The van der Waals surface area contributed by atoms with Gasteiger partial charge in [0, 0.05) is 5.69 Å². The quantitative estimate of drug-likeness (QED) is 0.590. The summed E-state index contributed by atoms with van der Waals surface area (Å²) in [7, 11) is 0. The summed E-state index contributed by atoms with van der Waals surface area (Å²) in [5.41, 5.74) is 12.8. The van der Waals surface area contributed by atoms with Crippen molar-refractivity contribution in [1.82, 2.24) is 0 Å². The summed E-state index contributed by atoms with van der Waals surface area (Å²) in [4.78, 5) is 0. The molecule has 0 amide bonds. The molecule has 0 aliphatic heterocycles. The highest BCUT2D eigenvalue weighted by Crippen LogP contribution is 2.06. The van der Waals surface area contributed by atoms with Crippen molar-refractivity contribution in [3.05, 3.63) is 29.8 Å². The van der Waals surface area contributed by atoms with Crippen LogP contribution in [0.3, 0.4) is 0 Å². The number of para-hydroxylation sites is 1. The predicted molar refractivity (Wildman–Crippen MR) is 68.8 cm³/mol. The van der Waals surface area contributed by atoms with Gasteiger partial charge in [0.25, 0.3) is 0 Å². The van der Waals surface area contributed by atoms with Gasteiger partial charge in [-0.25, -0.2) is 0 Å². The first-order chi connectivity index (χ1) is 7.22. The summed E-state index contributed by atoms with van der Waals surface area (Å²) in [6, 6.07) is 7.80. The molecule has 0 aromatic heterocycles. The van der Waals surface area contributed by atoms with Crippen LogP contribution < -0.4 is 11.5 Å². The minimum atomic E-state index is 0.861. The van der Waals surface area contributed by atoms with Gasteiger partial charge in [0.2, 0.25) is 0 Å². The van der Waals surface area contributed by atoms with Gasteiger partial charge in [-0.2, -0.15) is 0 Å². The molecule has 0 radical (unpaired) electrons. The van der Waals surface area contributed by atoms with E-state index in [2.05, 4.69) is 6.92 Å². The molecular formula is C13H24N2. The summed E-state index contributed by atoms with van der Waals surface area (Å²) in [5, 5.41) is 0. The van der Waals surface area contributed by atoms with Gasteiger partial charge in [-0.1, -0.05) is 44.4 Å². The average Bonchev–Trinajstić information content (AvgIpc) is 2.24. The molecule has 86 valence electrons. The number of rotatable bonds is 4. The van der Waals surface area contributed by atoms with E-state index in [0.29, 0.717) is 0 Å². The Bertz CT molecular complexity index is 221. The van der Waals surface area contributed by atoms with Crippen molar-refractivity contribution in [2.75, 3.05) is 12.3 Å². The minimum absolute atomic E-state index is 0.861. The molecule has 15 heavy (non-hydrogen) atoms. The van der Waals surface area contributed by atoms with Crippen LogP contribution in [0.4, 0.5) is 5.69 Å². The van der Waals surface area contributed by atoms with Crippen LogP contribution in [0.25, 0.3) is 0 Å². The number of aryl methyl sites for hydroxylation is 1. The summed E-state index contributed by atoms with van der Waals surface area (Å²) >= 11 is 0. The van der Waals surface area contributed by atoms with Gasteiger partial charge < -0.3 is 11.5 Å². The topological polar surface area (TPSA) is 52.0 Å². The second kappa shape index (κ2) is 9.53. The zero-order chi connectivity index (χ0) is 11.5. The van der Waals surface area contributed by atoms with Crippen molar-refractivity contribution in [2.24, 2.45) is 5.73 Å². The molecule has 4 N–H and O–H groups in total. The third-order valence-corrected chi connectivity index (χ3v) is 2.25. The normalized spacial score (nSPS) is 9.27. The molecule has 0 spiro atoms. The van der Waals surface area contributed by atoms with Crippen molar-refractivity contribution < 1.29 is 0 Å². The van der Waals surface area contributed by atoms with E-state index in [9.17, 15) is 0 Å². The first-order valence-corrected chi connectivity index (χ1v) is 5.73. The molecule has 0 aliphatic carbocycles. The third kappa shape index (κ3) is 8.01. The maximum absolute atomic E-state index is 5.52. The Labute approximate surface area is 93.7 Å². The number of benzene rings is 1. The fourth-order valence-corrected chi connectivity index (χ4v) is 1.16. The van der Waals surface area contributed by atoms with Gasteiger partial charge in [-0.15, -0.1) is 0 Å². The van der Waals surface area contributed by atoms with E-state index in [4.69, 9.17) is 11.5 Å². The molecular weight excluding hydrogens is 184 g/mol. The van der Waals surface area contributed by atoms with E-state index >= 15 is 0 Å². The Balaban J connectivity index is 0.000000265. The van der Waals surface area contributed by atoms with Crippen molar-refractivity contribution in [2.45, 2.75) is 39.5 Å². The van der Waals surface area contributed by atoms with Crippen LogP contribution in [-0.2, 0) is 0 Å². The largest absolute Gasteiger partial charge is 0.399 e. The molecule has 0 unspecified atom stereocenters. The number of nitrogens with two attached hydrogens (primary N) is 2. The van der Waals surface area contributed by atoms with Crippen LogP contribution in [0.1, 0.15) is 38.2 Å². The first kappa shape index (κ1) is 14.0. The molecule has 1 aromatic rings. The molecule has 0 fully saturated rings. The molecule has 0 heterocycles. The molecule has 0 aliphatic rings. The lowest BCUT2D eigenvalue weighted by atomic mass is 10.2. The molecule has 0 atom stereocenters. The van der Waals surface area contributed by atoms with E-state index in [0.717, 1.165) is 17.8 Å². The Morgan fingerprint density at radius 3 is 2.13 bits per heavy atom. The monoisotopic (exact) mass is 208 g/mol. The summed E-state index contributed by atoms with van der Waals surface area (Å²) in [5.74, 6) is 0. The van der Waals surface area contributed by atoms with Crippen LogP contribution in [0.2, 0.25) is 0 Å². The highest BCUT2D eigenvalue weighted by molar-refractivity contribution is 5.44. The SMILES string of the molecule is CCCCCCN.Cc1ccccc1N. The molecule has 0 saturated heterocycles. The molecule has 0 bridgehead atoms. The fraction of sp³-hybridized carbons (Fsp3) is 0.538. The fourth-order valence-electron chi connectivity index (χ4n) is 1.16. The van der Waals surface area contributed by atoms with Crippen LogP contribution >= 0.6 is 0 Å². The lowest BCUT2D eigenvalue weighted by Gasteiger charge is -1.93. The Morgan fingerprint density at radius 2 is 1.73 bits per heavy atom. The van der Waals surface area contributed by atoms with Crippen molar-refractivity contribution >= 4 is 5.69 Å². The van der Waals surface area contributed by atoms with Gasteiger partial charge in [-0.3, -0.25) is 0 Å². The Hall–Kier alpha value is -1.02. The van der Waals surface area contributed by atoms with E-state index in [-0.39, 0.29) is 0 Å². The molecule has 1 aromatic carbocycles. The number of nitrogen functional groups attached to an aromatic ring is 1. The number of unbranched alkanes of at least 4 members (excludes halogenated alkanes) is 3. The van der Waals surface area contributed by atoms with E-state index < -0.39 is 0 Å². The van der Waals surface area contributed by atoms with Crippen LogP contribution in [0.5, 0.6) is 0 Å². The molecule has 2 heteroatoms. The predicted octanol–water partition coefficient (Wildman–Crippen LogP) is 3.10. The summed E-state index contributed by atoms with van der Waals surface area (Å²) in [6.45, 7) is 5.06. The zero-order valence-electron chi connectivity index (χ0n) is 10.00. The number of hydrogen-bond donors (Lipinski definition) is 2. The molecule has 2 nitrogen and oxygen atoms in total. The maximum atomic E-state index is 5.52. The van der Waals surface area contributed by atoms with Crippen LogP contribution in [0, 0.1) is 6.92 Å². The third-order valence-electron chi connectivity index (χ3n) is 2.25. The van der Waals surface area contributed by atoms with E-state index in [1.54, 1.807) is 0 Å². The highest BCUT2D eigenvalue weighted by atomic mass is 14.5. The van der Waals surface area contributed by atoms with Crippen LogP contribution in [-0.4, -0.2) is 6.54 Å². The average molecular weight is 208 g/mol. The van der Waals surface area contributed by atoms with Gasteiger partial charge in [0.05, 0.1) is 0 Å². The first-order valence-electron chi connectivity index (χ1n) is 5.73. The molecule has 1 rings (SSSR count). The lowest BCUT2D eigenvalue weighted by Crippen LogP contribution is -1.97. The Morgan fingerprint density at radius 1 is 1.07 bits per heavy atom. The second-order valence-corrected chi connectivity index (χ2v) is 3.71. The maximum Gasteiger partial charge on any atom is 0.0343 e. The van der Waals surface area contributed by atoms with Gasteiger partial charge >= 0.3 is 0 Å². The smallest absolute Gasteiger partial charge is 0.0343 e.